The zero-order valence-electron chi connectivity index (χ0n) is 10.2. The second-order valence-electron chi connectivity index (χ2n) is 4.35. The van der Waals surface area contributed by atoms with Crippen molar-refractivity contribution in [3.8, 4) is 6.07 Å². The van der Waals surface area contributed by atoms with Crippen LogP contribution in [0.5, 0.6) is 0 Å². The van der Waals surface area contributed by atoms with Crippen LogP contribution in [0.3, 0.4) is 0 Å². The quantitative estimate of drug-likeness (QED) is 0.823. The van der Waals surface area contributed by atoms with Crippen molar-refractivity contribution in [3.63, 3.8) is 0 Å². The van der Waals surface area contributed by atoms with Crippen LogP contribution in [0.15, 0.2) is 24.3 Å². The Balaban J connectivity index is 2.21. The molecule has 4 heteroatoms. The van der Waals surface area contributed by atoms with Gasteiger partial charge in [-0.3, -0.25) is 0 Å². The van der Waals surface area contributed by atoms with E-state index >= 15 is 0 Å². The van der Waals surface area contributed by atoms with Crippen LogP contribution < -0.4 is 0 Å². The Morgan fingerprint density at radius 3 is 2.78 bits per heavy atom. The van der Waals surface area contributed by atoms with Gasteiger partial charge in [-0.15, -0.1) is 0 Å². The second-order valence-corrected chi connectivity index (χ2v) is 4.35. The van der Waals surface area contributed by atoms with Gasteiger partial charge in [-0.05, 0) is 36.1 Å². The average molecular weight is 242 g/mol. The molecule has 4 nitrogen and oxygen atoms in total. The van der Waals surface area contributed by atoms with E-state index in [-0.39, 0.29) is 0 Å². The van der Waals surface area contributed by atoms with Gasteiger partial charge in [-0.2, -0.15) is 5.26 Å². The number of aryl methyl sites for hydroxylation is 1. The Morgan fingerprint density at radius 2 is 2.28 bits per heavy atom. The lowest BCUT2D eigenvalue weighted by Gasteiger charge is -2.24. The van der Waals surface area contributed by atoms with Gasteiger partial charge in [0.15, 0.2) is 0 Å². The molecule has 0 unspecified atom stereocenters. The molecule has 0 saturated carbocycles. The monoisotopic (exact) mass is 242 g/mol. The number of hydrogen-bond acceptors (Lipinski definition) is 2. The molecule has 1 N–H and O–H groups in total. The summed E-state index contributed by atoms with van der Waals surface area (Å²) >= 11 is 0. The Kier molecular flexibility index (Phi) is 3.33. The summed E-state index contributed by atoms with van der Waals surface area (Å²) in [4.78, 5) is 12.2. The first-order valence-electron chi connectivity index (χ1n) is 5.80. The van der Waals surface area contributed by atoms with E-state index in [0.29, 0.717) is 18.7 Å². The highest BCUT2D eigenvalue weighted by atomic mass is 16.4. The van der Waals surface area contributed by atoms with Crippen molar-refractivity contribution in [2.24, 2.45) is 0 Å². The number of rotatable bonds is 1. The van der Waals surface area contributed by atoms with Gasteiger partial charge in [-0.25, -0.2) is 4.79 Å². The molecule has 18 heavy (non-hydrogen) atoms. The van der Waals surface area contributed by atoms with Crippen molar-refractivity contribution in [1.82, 2.24) is 4.90 Å². The minimum absolute atomic E-state index is 0.434. The Labute approximate surface area is 106 Å². The van der Waals surface area contributed by atoms with Crippen molar-refractivity contribution in [2.75, 3.05) is 13.1 Å². The molecule has 0 aliphatic carbocycles. The molecular weight excluding hydrogens is 228 g/mol. The van der Waals surface area contributed by atoms with E-state index in [2.05, 4.69) is 6.07 Å². The smallest absolute Gasteiger partial charge is 0.407 e. The summed E-state index contributed by atoms with van der Waals surface area (Å²) in [5, 5.41) is 17.7. The van der Waals surface area contributed by atoms with Gasteiger partial charge >= 0.3 is 6.09 Å². The Morgan fingerprint density at radius 1 is 1.50 bits per heavy atom. The molecule has 1 aliphatic heterocycles. The molecule has 0 radical (unpaired) electrons. The molecule has 92 valence electrons. The highest BCUT2D eigenvalue weighted by Crippen LogP contribution is 2.24. The maximum Gasteiger partial charge on any atom is 0.407 e. The largest absolute Gasteiger partial charge is 0.465 e. The third kappa shape index (κ3) is 2.35. The predicted octanol–water partition coefficient (Wildman–Crippen LogP) is 2.63. The van der Waals surface area contributed by atoms with E-state index in [1.165, 1.54) is 4.90 Å². The summed E-state index contributed by atoms with van der Waals surface area (Å²) in [5.41, 5.74) is 3.87. The number of amides is 1. The van der Waals surface area contributed by atoms with Crippen LogP contribution in [-0.4, -0.2) is 29.2 Å². The molecule has 1 aromatic carbocycles. The van der Waals surface area contributed by atoms with Crippen molar-refractivity contribution < 1.29 is 9.90 Å². The molecule has 2 rings (SSSR count). The van der Waals surface area contributed by atoms with E-state index in [4.69, 9.17) is 10.4 Å². The van der Waals surface area contributed by atoms with Crippen LogP contribution in [0.1, 0.15) is 23.1 Å². The molecule has 0 saturated heterocycles. The van der Waals surface area contributed by atoms with Gasteiger partial charge in [0.05, 0.1) is 11.6 Å². The fourth-order valence-electron chi connectivity index (χ4n) is 2.09. The highest BCUT2D eigenvalue weighted by Gasteiger charge is 2.16. The van der Waals surface area contributed by atoms with E-state index in [1.807, 2.05) is 31.2 Å². The minimum Gasteiger partial charge on any atom is -0.465 e. The zero-order valence-corrected chi connectivity index (χ0v) is 10.2. The minimum atomic E-state index is -0.874. The van der Waals surface area contributed by atoms with E-state index < -0.39 is 6.09 Å². The van der Waals surface area contributed by atoms with Crippen LogP contribution in [0.25, 0.3) is 5.57 Å². The third-order valence-electron chi connectivity index (χ3n) is 3.20. The molecule has 0 aromatic heterocycles. The highest BCUT2D eigenvalue weighted by molar-refractivity contribution is 5.71. The maximum absolute atomic E-state index is 10.8. The molecule has 0 fully saturated rings. The topological polar surface area (TPSA) is 64.3 Å². The fraction of sp³-hybridized carbons (Fsp3) is 0.286. The van der Waals surface area contributed by atoms with Crippen molar-refractivity contribution in [3.05, 3.63) is 41.0 Å². The van der Waals surface area contributed by atoms with Crippen LogP contribution in [0, 0.1) is 18.3 Å². The van der Waals surface area contributed by atoms with Gasteiger partial charge in [0.25, 0.3) is 0 Å². The van der Waals surface area contributed by atoms with Crippen molar-refractivity contribution >= 4 is 11.7 Å². The molecule has 0 spiro atoms. The fourth-order valence-corrected chi connectivity index (χ4v) is 2.09. The average Bonchev–Trinajstić information content (AvgIpc) is 2.38. The third-order valence-corrected chi connectivity index (χ3v) is 3.20. The first kappa shape index (κ1) is 12.2. The molecule has 1 heterocycles. The Bertz CT molecular complexity index is 555. The summed E-state index contributed by atoms with van der Waals surface area (Å²) in [7, 11) is 0. The van der Waals surface area contributed by atoms with E-state index in [1.54, 1.807) is 0 Å². The van der Waals surface area contributed by atoms with Gasteiger partial charge in [0.2, 0.25) is 0 Å². The van der Waals surface area contributed by atoms with E-state index in [9.17, 15) is 4.79 Å². The van der Waals surface area contributed by atoms with Gasteiger partial charge in [0, 0.05) is 13.1 Å². The zero-order chi connectivity index (χ0) is 13.1. The molecule has 1 amide bonds. The number of benzene rings is 1. The SMILES string of the molecule is Cc1cc(C2=CCN(C(=O)O)CC2)ccc1C#N. The van der Waals surface area contributed by atoms with Crippen molar-refractivity contribution in [2.45, 2.75) is 13.3 Å². The maximum atomic E-state index is 10.8. The van der Waals surface area contributed by atoms with Gasteiger partial charge in [-0.1, -0.05) is 18.2 Å². The number of nitrogens with zero attached hydrogens (tertiary/aromatic N) is 2. The summed E-state index contributed by atoms with van der Waals surface area (Å²) in [6, 6.07) is 7.87. The molecule has 1 aliphatic rings. The lowest BCUT2D eigenvalue weighted by atomic mass is 9.96. The summed E-state index contributed by atoms with van der Waals surface area (Å²) < 4.78 is 0. The number of nitriles is 1. The summed E-state index contributed by atoms with van der Waals surface area (Å²) in [6.07, 6.45) is 1.79. The normalized spacial score (nSPS) is 14.9. The summed E-state index contributed by atoms with van der Waals surface area (Å²) in [5.74, 6) is 0. The Hall–Kier alpha value is -2.28. The van der Waals surface area contributed by atoms with Crippen LogP contribution in [0.2, 0.25) is 0 Å². The first-order chi connectivity index (χ1) is 8.61. The van der Waals surface area contributed by atoms with Crippen LogP contribution >= 0.6 is 0 Å². The lowest BCUT2D eigenvalue weighted by molar-refractivity contribution is 0.150. The van der Waals surface area contributed by atoms with Gasteiger partial charge in [0.1, 0.15) is 0 Å². The van der Waals surface area contributed by atoms with Crippen molar-refractivity contribution in [1.29, 1.82) is 5.26 Å². The molecule has 1 aromatic rings. The molecular formula is C14H14N2O2. The second kappa shape index (κ2) is 4.92. The number of carboxylic acid groups (broad SMARTS) is 1. The van der Waals surface area contributed by atoms with Crippen LogP contribution in [0.4, 0.5) is 4.79 Å². The summed E-state index contributed by atoms with van der Waals surface area (Å²) in [6.45, 7) is 2.87. The standard InChI is InChI=1S/C14H14N2O2/c1-10-8-12(2-3-13(10)9-15)11-4-6-16(7-5-11)14(17)18/h2-4,8H,5-7H2,1H3,(H,17,18). The molecule has 0 atom stereocenters. The number of hydrogen-bond donors (Lipinski definition) is 1. The van der Waals surface area contributed by atoms with Crippen LogP contribution in [-0.2, 0) is 0 Å². The first-order valence-corrected chi connectivity index (χ1v) is 5.80. The molecule has 0 bridgehead atoms. The predicted molar refractivity (Wildman–Crippen MR) is 68.1 cm³/mol. The van der Waals surface area contributed by atoms with E-state index in [0.717, 1.165) is 23.1 Å². The van der Waals surface area contributed by atoms with Gasteiger partial charge < -0.3 is 10.0 Å². The number of carbonyl (C=O) groups is 1. The lowest BCUT2D eigenvalue weighted by Crippen LogP contribution is -2.33.